The van der Waals surface area contributed by atoms with Crippen molar-refractivity contribution < 1.29 is 4.79 Å². The molecule has 1 aromatic carbocycles. The molecule has 4 aromatic heterocycles. The summed E-state index contributed by atoms with van der Waals surface area (Å²) in [4.78, 5) is 30.2. The van der Waals surface area contributed by atoms with Crippen LogP contribution in [0.5, 0.6) is 0 Å². The van der Waals surface area contributed by atoms with Crippen molar-refractivity contribution in [1.29, 1.82) is 0 Å². The standard InChI is InChI=1S/C21H18N10O/c1-13-24-18(29-20(22)25-13)17-19(27-15-9-5-6-12-30(15)17)28-16-10-11-23-31(16)21(32)26-14-7-3-2-4-8-14/h2-12,28H,1H3,(H,26,32)(H2,22,24,25,29). The van der Waals surface area contributed by atoms with Gasteiger partial charge in [-0.2, -0.15) is 19.7 Å². The molecular formula is C21H18N10O. The molecule has 0 aliphatic rings. The van der Waals surface area contributed by atoms with E-state index >= 15 is 0 Å². The molecule has 0 bridgehead atoms. The first kappa shape index (κ1) is 19.2. The second-order valence-corrected chi connectivity index (χ2v) is 6.85. The van der Waals surface area contributed by atoms with Gasteiger partial charge in [-0.25, -0.2) is 14.8 Å². The van der Waals surface area contributed by atoms with Crippen molar-refractivity contribution in [3.63, 3.8) is 0 Å². The van der Waals surface area contributed by atoms with Crippen LogP contribution < -0.4 is 16.4 Å². The molecule has 0 aliphatic carbocycles. The van der Waals surface area contributed by atoms with Gasteiger partial charge in [-0.1, -0.05) is 24.3 Å². The Morgan fingerprint density at radius 1 is 0.969 bits per heavy atom. The number of benzene rings is 1. The zero-order valence-corrected chi connectivity index (χ0v) is 17.0. The van der Waals surface area contributed by atoms with E-state index in [0.717, 1.165) is 0 Å². The maximum Gasteiger partial charge on any atom is 0.348 e. The van der Waals surface area contributed by atoms with Gasteiger partial charge in [0.25, 0.3) is 0 Å². The van der Waals surface area contributed by atoms with E-state index < -0.39 is 6.03 Å². The number of nitrogens with one attached hydrogen (secondary N) is 2. The van der Waals surface area contributed by atoms with E-state index in [2.05, 4.69) is 35.7 Å². The quantitative estimate of drug-likeness (QED) is 0.398. The number of imidazole rings is 1. The number of anilines is 4. The lowest BCUT2D eigenvalue weighted by molar-refractivity contribution is 0.251. The molecule has 0 aliphatic heterocycles. The van der Waals surface area contributed by atoms with E-state index in [4.69, 9.17) is 5.73 Å². The molecule has 32 heavy (non-hydrogen) atoms. The third-order valence-corrected chi connectivity index (χ3v) is 4.61. The monoisotopic (exact) mass is 426 g/mol. The number of hydrogen-bond acceptors (Lipinski definition) is 8. The number of carbonyl (C=O) groups is 1. The summed E-state index contributed by atoms with van der Waals surface area (Å²) < 4.78 is 3.05. The summed E-state index contributed by atoms with van der Waals surface area (Å²) >= 11 is 0. The average Bonchev–Trinajstić information content (AvgIpc) is 3.38. The molecule has 5 aromatic rings. The second kappa shape index (κ2) is 7.80. The molecule has 0 saturated carbocycles. The molecule has 11 heteroatoms. The maximum atomic E-state index is 12.8. The molecule has 0 unspecified atom stereocenters. The van der Waals surface area contributed by atoms with Gasteiger partial charge in [0.05, 0.1) is 6.20 Å². The van der Waals surface area contributed by atoms with Gasteiger partial charge >= 0.3 is 6.03 Å². The molecule has 5 rings (SSSR count). The zero-order valence-electron chi connectivity index (χ0n) is 17.0. The third kappa shape index (κ3) is 3.58. The minimum absolute atomic E-state index is 0.108. The van der Waals surface area contributed by atoms with Crippen molar-refractivity contribution in [3.05, 3.63) is 72.8 Å². The number of pyridine rings is 1. The lowest BCUT2D eigenvalue weighted by Crippen LogP contribution is -2.22. The lowest BCUT2D eigenvalue weighted by Gasteiger charge is -2.10. The van der Waals surface area contributed by atoms with Crippen LogP contribution in [0, 0.1) is 6.92 Å². The van der Waals surface area contributed by atoms with Gasteiger partial charge < -0.3 is 16.4 Å². The summed E-state index contributed by atoms with van der Waals surface area (Å²) in [6.07, 6.45) is 3.37. The summed E-state index contributed by atoms with van der Waals surface area (Å²) in [7, 11) is 0. The topological polar surface area (TPSA) is 141 Å². The molecule has 158 valence electrons. The van der Waals surface area contributed by atoms with Crippen LogP contribution in [0.1, 0.15) is 5.82 Å². The van der Waals surface area contributed by atoms with Crippen LogP contribution in [-0.4, -0.2) is 40.1 Å². The average molecular weight is 426 g/mol. The van der Waals surface area contributed by atoms with Gasteiger partial charge in [0.1, 0.15) is 23.0 Å². The Morgan fingerprint density at radius 2 is 1.78 bits per heavy atom. The Bertz CT molecular complexity index is 1400. The molecule has 4 N–H and O–H groups in total. The van der Waals surface area contributed by atoms with Gasteiger partial charge in [0.15, 0.2) is 11.6 Å². The van der Waals surface area contributed by atoms with Crippen LogP contribution >= 0.6 is 0 Å². The zero-order chi connectivity index (χ0) is 22.1. The number of para-hydroxylation sites is 1. The smallest absolute Gasteiger partial charge is 0.348 e. The van der Waals surface area contributed by atoms with Crippen molar-refractivity contribution in [2.24, 2.45) is 0 Å². The first-order chi connectivity index (χ1) is 15.6. The number of aryl methyl sites for hydroxylation is 1. The molecule has 0 spiro atoms. The number of hydrogen-bond donors (Lipinski definition) is 3. The number of carbonyl (C=O) groups excluding carboxylic acids is 1. The number of aromatic nitrogens is 7. The van der Waals surface area contributed by atoms with Gasteiger partial charge in [-0.3, -0.25) is 4.40 Å². The normalized spacial score (nSPS) is 10.9. The number of fused-ring (bicyclic) bond motifs is 1. The summed E-state index contributed by atoms with van der Waals surface area (Å²) in [5.74, 6) is 1.81. The Labute approximate surface area is 182 Å². The maximum absolute atomic E-state index is 12.8. The first-order valence-corrected chi connectivity index (χ1v) is 9.71. The Kier molecular flexibility index (Phi) is 4.67. The van der Waals surface area contributed by atoms with Crippen LogP contribution in [0.2, 0.25) is 0 Å². The molecular weight excluding hydrogens is 408 g/mol. The van der Waals surface area contributed by atoms with E-state index in [9.17, 15) is 4.79 Å². The van der Waals surface area contributed by atoms with Crippen LogP contribution in [0.15, 0.2) is 67.0 Å². The minimum Gasteiger partial charge on any atom is -0.368 e. The van der Waals surface area contributed by atoms with Gasteiger partial charge in [-0.05, 0) is 31.2 Å². The summed E-state index contributed by atoms with van der Waals surface area (Å²) in [5.41, 5.74) is 7.76. The molecule has 1 amide bonds. The number of amides is 1. The van der Waals surface area contributed by atoms with Crippen molar-refractivity contribution in [3.8, 4) is 11.5 Å². The fourth-order valence-corrected chi connectivity index (χ4v) is 3.28. The summed E-state index contributed by atoms with van der Waals surface area (Å²) in [5, 5.41) is 10.1. The van der Waals surface area contributed by atoms with E-state index in [1.807, 2.05) is 47.0 Å². The van der Waals surface area contributed by atoms with Crippen LogP contribution in [-0.2, 0) is 0 Å². The van der Waals surface area contributed by atoms with Crippen molar-refractivity contribution in [1.82, 2.24) is 34.1 Å². The van der Waals surface area contributed by atoms with E-state index in [0.29, 0.717) is 40.3 Å². The fourth-order valence-electron chi connectivity index (χ4n) is 3.28. The number of nitrogens with two attached hydrogens (primary N) is 1. The molecule has 0 atom stereocenters. The lowest BCUT2D eigenvalue weighted by atomic mass is 10.3. The largest absolute Gasteiger partial charge is 0.368 e. The van der Waals surface area contributed by atoms with E-state index in [1.54, 1.807) is 25.1 Å². The summed E-state index contributed by atoms with van der Waals surface area (Å²) in [6, 6.07) is 16.0. The molecule has 0 saturated heterocycles. The summed E-state index contributed by atoms with van der Waals surface area (Å²) in [6.45, 7) is 1.74. The fraction of sp³-hybridized carbons (Fsp3) is 0.0476. The van der Waals surface area contributed by atoms with E-state index in [1.165, 1.54) is 10.9 Å². The first-order valence-electron chi connectivity index (χ1n) is 9.71. The van der Waals surface area contributed by atoms with Crippen LogP contribution in [0.4, 0.5) is 28.1 Å². The third-order valence-electron chi connectivity index (χ3n) is 4.61. The minimum atomic E-state index is -0.422. The SMILES string of the molecule is Cc1nc(N)nc(-c2c(Nc3ccnn3C(=O)Nc3ccccc3)nc3ccccn23)n1. The highest BCUT2D eigenvalue weighted by atomic mass is 16.2. The second-order valence-electron chi connectivity index (χ2n) is 6.85. The predicted octanol–water partition coefficient (Wildman–Crippen LogP) is 3.10. The van der Waals surface area contributed by atoms with E-state index in [-0.39, 0.29) is 5.95 Å². The molecule has 0 fully saturated rings. The van der Waals surface area contributed by atoms with Gasteiger partial charge in [0, 0.05) is 18.0 Å². The Hall–Kier alpha value is -4.80. The highest BCUT2D eigenvalue weighted by Gasteiger charge is 2.20. The van der Waals surface area contributed by atoms with Gasteiger partial charge in [0.2, 0.25) is 5.95 Å². The van der Waals surface area contributed by atoms with Crippen LogP contribution in [0.3, 0.4) is 0 Å². The Balaban J connectivity index is 1.55. The van der Waals surface area contributed by atoms with Crippen molar-refractivity contribution in [2.45, 2.75) is 6.92 Å². The number of nitrogen functional groups attached to an aromatic ring is 1. The number of rotatable bonds is 4. The number of nitrogens with zero attached hydrogens (tertiary/aromatic N) is 7. The molecule has 11 nitrogen and oxygen atoms in total. The molecule has 0 radical (unpaired) electrons. The predicted molar refractivity (Wildman–Crippen MR) is 120 cm³/mol. The Morgan fingerprint density at radius 3 is 2.59 bits per heavy atom. The van der Waals surface area contributed by atoms with Crippen LogP contribution in [0.25, 0.3) is 17.2 Å². The van der Waals surface area contributed by atoms with Crippen molar-refractivity contribution in [2.75, 3.05) is 16.4 Å². The molecule has 4 heterocycles. The highest BCUT2D eigenvalue weighted by molar-refractivity contribution is 5.93. The highest BCUT2D eigenvalue weighted by Crippen LogP contribution is 2.29. The van der Waals surface area contributed by atoms with Crippen molar-refractivity contribution >= 4 is 34.9 Å². The van der Waals surface area contributed by atoms with Gasteiger partial charge in [-0.15, -0.1) is 0 Å².